The number of rotatable bonds is 1. The van der Waals surface area contributed by atoms with E-state index in [1.165, 1.54) is 0 Å². The molecule has 0 atom stereocenters. The van der Waals surface area contributed by atoms with Crippen molar-refractivity contribution in [3.63, 3.8) is 0 Å². The second kappa shape index (κ2) is 3.41. The van der Waals surface area contributed by atoms with Crippen LogP contribution >= 0.6 is 22.6 Å². The van der Waals surface area contributed by atoms with E-state index in [1.54, 1.807) is 0 Å². The van der Waals surface area contributed by atoms with Crippen LogP contribution in [-0.4, -0.2) is 21.9 Å². The summed E-state index contributed by atoms with van der Waals surface area (Å²) >= 11 is 2.26. The third-order valence-corrected chi connectivity index (χ3v) is 3.37. The highest BCUT2D eigenvalue weighted by Crippen LogP contribution is 2.40. The molecular formula is C10H18INO. The number of hydrogen-bond acceptors (Lipinski definition) is 1. The standard InChI is InChI=1S/C10H18INO/c1-9(2)5-10(3,4)8(13)12(6-9)7-11/h5-7H2,1-4H3. The maximum Gasteiger partial charge on any atom is 0.228 e. The van der Waals surface area contributed by atoms with Crippen LogP contribution in [0.25, 0.3) is 0 Å². The Morgan fingerprint density at radius 3 is 2.38 bits per heavy atom. The minimum Gasteiger partial charge on any atom is -0.333 e. The summed E-state index contributed by atoms with van der Waals surface area (Å²) < 4.78 is 0.809. The molecule has 0 bridgehead atoms. The Morgan fingerprint density at radius 1 is 1.38 bits per heavy atom. The lowest BCUT2D eigenvalue weighted by Gasteiger charge is -2.45. The predicted molar refractivity (Wildman–Crippen MR) is 62.8 cm³/mol. The van der Waals surface area contributed by atoms with E-state index in [0.29, 0.717) is 5.91 Å². The van der Waals surface area contributed by atoms with E-state index in [1.807, 2.05) is 4.90 Å². The molecule has 0 aromatic carbocycles. The molecule has 1 rings (SSSR count). The Bertz CT molecular complexity index is 223. The monoisotopic (exact) mass is 295 g/mol. The fraction of sp³-hybridized carbons (Fsp3) is 0.900. The molecule has 1 heterocycles. The van der Waals surface area contributed by atoms with Gasteiger partial charge in [-0.2, -0.15) is 0 Å². The van der Waals surface area contributed by atoms with Gasteiger partial charge in [-0.3, -0.25) is 4.79 Å². The van der Waals surface area contributed by atoms with Crippen LogP contribution in [0.3, 0.4) is 0 Å². The molecule has 0 aromatic rings. The molecule has 1 aliphatic heterocycles. The lowest BCUT2D eigenvalue weighted by molar-refractivity contribution is -0.148. The topological polar surface area (TPSA) is 20.3 Å². The molecule has 0 aromatic heterocycles. The first kappa shape index (κ1) is 11.3. The van der Waals surface area contributed by atoms with E-state index in [0.717, 1.165) is 17.5 Å². The van der Waals surface area contributed by atoms with Gasteiger partial charge in [0, 0.05) is 12.0 Å². The van der Waals surface area contributed by atoms with Crippen molar-refractivity contribution in [3.05, 3.63) is 0 Å². The molecule has 1 aliphatic rings. The van der Waals surface area contributed by atoms with E-state index in [9.17, 15) is 4.79 Å². The molecule has 0 N–H and O–H groups in total. The number of carbonyl (C=O) groups is 1. The van der Waals surface area contributed by atoms with Gasteiger partial charge in [-0.15, -0.1) is 0 Å². The summed E-state index contributed by atoms with van der Waals surface area (Å²) in [6.07, 6.45) is 0.992. The average molecular weight is 295 g/mol. The molecule has 2 nitrogen and oxygen atoms in total. The maximum atomic E-state index is 11.9. The van der Waals surface area contributed by atoms with Crippen LogP contribution in [0.15, 0.2) is 0 Å². The Kier molecular flexibility index (Phi) is 2.95. The molecule has 1 amide bonds. The van der Waals surface area contributed by atoms with Gasteiger partial charge in [-0.25, -0.2) is 0 Å². The third kappa shape index (κ3) is 2.36. The molecule has 3 heteroatoms. The zero-order valence-electron chi connectivity index (χ0n) is 8.85. The number of alkyl halides is 1. The third-order valence-electron chi connectivity index (χ3n) is 2.55. The van der Waals surface area contributed by atoms with Gasteiger partial charge in [0.25, 0.3) is 0 Å². The summed E-state index contributed by atoms with van der Waals surface area (Å²) in [7, 11) is 0. The zero-order chi connectivity index (χ0) is 10.3. The highest BCUT2D eigenvalue weighted by Gasteiger charge is 2.43. The summed E-state index contributed by atoms with van der Waals surface area (Å²) in [6, 6.07) is 0. The minimum absolute atomic E-state index is 0.174. The quantitative estimate of drug-likeness (QED) is 0.414. The van der Waals surface area contributed by atoms with Crippen molar-refractivity contribution in [3.8, 4) is 0 Å². The number of piperidine rings is 1. The highest BCUT2D eigenvalue weighted by atomic mass is 127. The van der Waals surface area contributed by atoms with Gasteiger partial charge >= 0.3 is 0 Å². The van der Waals surface area contributed by atoms with Crippen molar-refractivity contribution >= 4 is 28.5 Å². The van der Waals surface area contributed by atoms with E-state index >= 15 is 0 Å². The predicted octanol–water partition coefficient (Wildman–Crippen LogP) is 2.66. The Labute approximate surface area is 94.2 Å². The van der Waals surface area contributed by atoms with Crippen LogP contribution in [-0.2, 0) is 4.79 Å². The largest absolute Gasteiger partial charge is 0.333 e. The van der Waals surface area contributed by atoms with Gasteiger partial charge in [0.05, 0.1) is 4.55 Å². The second-order valence-electron chi connectivity index (χ2n) is 5.35. The first-order chi connectivity index (χ1) is 5.78. The van der Waals surface area contributed by atoms with E-state index in [2.05, 4.69) is 50.3 Å². The fourth-order valence-corrected chi connectivity index (χ4v) is 2.99. The summed E-state index contributed by atoms with van der Waals surface area (Å²) in [5, 5.41) is 0. The van der Waals surface area contributed by atoms with Crippen molar-refractivity contribution < 1.29 is 4.79 Å². The summed E-state index contributed by atoms with van der Waals surface area (Å²) in [5.74, 6) is 0.307. The number of nitrogens with zero attached hydrogens (tertiary/aromatic N) is 1. The second-order valence-corrected chi connectivity index (χ2v) is 6.03. The Hall–Kier alpha value is 0.200. The van der Waals surface area contributed by atoms with Crippen LogP contribution in [0.1, 0.15) is 34.1 Å². The minimum atomic E-state index is -0.174. The van der Waals surface area contributed by atoms with Crippen molar-refractivity contribution in [1.29, 1.82) is 0 Å². The molecule has 0 spiro atoms. The summed E-state index contributed by atoms with van der Waals surface area (Å²) in [6.45, 7) is 9.48. The molecule has 1 fully saturated rings. The SMILES string of the molecule is CC1(C)CN(CI)C(=O)C(C)(C)C1. The van der Waals surface area contributed by atoms with Crippen molar-refractivity contribution in [2.24, 2.45) is 10.8 Å². The molecule has 0 radical (unpaired) electrons. The number of hydrogen-bond donors (Lipinski definition) is 0. The van der Waals surface area contributed by atoms with E-state index in [4.69, 9.17) is 0 Å². The van der Waals surface area contributed by atoms with Crippen LogP contribution < -0.4 is 0 Å². The summed E-state index contributed by atoms with van der Waals surface area (Å²) in [4.78, 5) is 13.8. The van der Waals surface area contributed by atoms with Gasteiger partial charge in [0.15, 0.2) is 0 Å². The first-order valence-corrected chi connectivity index (χ1v) is 6.16. The number of carbonyl (C=O) groups excluding carboxylic acids is 1. The van der Waals surface area contributed by atoms with Gasteiger partial charge in [-0.05, 0) is 11.8 Å². The van der Waals surface area contributed by atoms with Crippen molar-refractivity contribution in [1.82, 2.24) is 4.90 Å². The van der Waals surface area contributed by atoms with Gasteiger partial charge in [0.2, 0.25) is 5.91 Å². The van der Waals surface area contributed by atoms with Crippen molar-refractivity contribution in [2.45, 2.75) is 34.1 Å². The van der Waals surface area contributed by atoms with Gasteiger partial charge in [0.1, 0.15) is 0 Å². The lowest BCUT2D eigenvalue weighted by Crippen LogP contribution is -2.52. The number of likely N-dealkylation sites (tertiary alicyclic amines) is 1. The van der Waals surface area contributed by atoms with Gasteiger partial charge in [-0.1, -0.05) is 50.3 Å². The normalized spacial score (nSPS) is 26.2. The van der Waals surface area contributed by atoms with E-state index in [-0.39, 0.29) is 10.8 Å². The van der Waals surface area contributed by atoms with Crippen LogP contribution in [0.5, 0.6) is 0 Å². The molecule has 1 saturated heterocycles. The molecule has 76 valence electrons. The zero-order valence-corrected chi connectivity index (χ0v) is 11.0. The highest BCUT2D eigenvalue weighted by molar-refractivity contribution is 14.1. The van der Waals surface area contributed by atoms with Gasteiger partial charge < -0.3 is 4.90 Å². The van der Waals surface area contributed by atoms with Crippen LogP contribution in [0.2, 0.25) is 0 Å². The molecule has 0 aliphatic carbocycles. The van der Waals surface area contributed by atoms with Crippen molar-refractivity contribution in [2.75, 3.05) is 11.1 Å². The summed E-state index contributed by atoms with van der Waals surface area (Å²) in [5.41, 5.74) is 0.0928. The first-order valence-electron chi connectivity index (χ1n) is 4.64. The molecule has 13 heavy (non-hydrogen) atoms. The lowest BCUT2D eigenvalue weighted by atomic mass is 9.71. The van der Waals surface area contributed by atoms with Crippen LogP contribution in [0, 0.1) is 10.8 Å². The fourth-order valence-electron chi connectivity index (χ4n) is 2.44. The number of halogens is 1. The molecular weight excluding hydrogens is 277 g/mol. The Morgan fingerprint density at radius 2 is 1.92 bits per heavy atom. The van der Waals surface area contributed by atoms with E-state index < -0.39 is 0 Å². The smallest absolute Gasteiger partial charge is 0.228 e. The average Bonchev–Trinajstić information content (AvgIpc) is 1.95. The van der Waals surface area contributed by atoms with Crippen LogP contribution in [0.4, 0.5) is 0 Å². The molecule has 0 saturated carbocycles. The number of amides is 1. The Balaban J connectivity index is 2.88. The molecule has 0 unspecified atom stereocenters. The maximum absolute atomic E-state index is 11.9.